The Kier molecular flexibility index (Phi) is 7.62. The van der Waals surface area contributed by atoms with Crippen molar-refractivity contribution in [2.45, 2.75) is 65.8 Å². The van der Waals surface area contributed by atoms with Gasteiger partial charge in [-0.1, -0.05) is 24.3 Å². The molecule has 0 saturated carbocycles. The van der Waals surface area contributed by atoms with Crippen LogP contribution in [0.25, 0.3) is 21.3 Å². The number of aromatic nitrogens is 2. The summed E-state index contributed by atoms with van der Waals surface area (Å²) in [6.07, 6.45) is 1.80. The molecule has 2 aromatic heterocycles. The summed E-state index contributed by atoms with van der Waals surface area (Å²) in [7, 11) is 0. The highest BCUT2D eigenvalue weighted by Gasteiger charge is 2.29. The first-order valence-electron chi connectivity index (χ1n) is 12.4. The highest BCUT2D eigenvalue weighted by Crippen LogP contribution is 2.28. The zero-order valence-corrected chi connectivity index (χ0v) is 22.2. The Morgan fingerprint density at radius 2 is 1.94 bits per heavy atom. The van der Waals surface area contributed by atoms with Crippen LogP contribution >= 0.6 is 11.3 Å². The van der Waals surface area contributed by atoms with E-state index in [1.807, 2.05) is 81.3 Å². The lowest BCUT2D eigenvalue weighted by Gasteiger charge is -2.37. The first-order valence-corrected chi connectivity index (χ1v) is 13.3. The number of nitrogens with zero attached hydrogens (tertiary/aromatic N) is 4. The Hall–Kier alpha value is -2.71. The Labute approximate surface area is 211 Å². The minimum Gasteiger partial charge on any atom is -0.444 e. The molecule has 4 rings (SSSR count). The standard InChI is InChI=1S/C27H36N4O3S/c1-19(2)30(26(33)34-27(3,4)5)17-20-10-8-14-29(16-20)18-31-25(32)22-12-7-6-11-21(22)24(28-31)23-13-9-15-35-23/h6-7,9,11-13,15,19-20H,8,10,14,16-18H2,1-5H3. The third-order valence-corrected chi connectivity index (χ3v) is 7.14. The van der Waals surface area contributed by atoms with Crippen molar-refractivity contribution in [2.24, 2.45) is 5.92 Å². The van der Waals surface area contributed by atoms with Crippen LogP contribution in [0, 0.1) is 5.92 Å². The molecule has 3 aromatic rings. The number of piperidine rings is 1. The number of likely N-dealkylation sites (tertiary alicyclic amines) is 1. The number of amides is 1. The average molecular weight is 497 g/mol. The van der Waals surface area contributed by atoms with Gasteiger partial charge < -0.3 is 9.64 Å². The molecule has 7 nitrogen and oxygen atoms in total. The molecule has 1 fully saturated rings. The molecule has 0 radical (unpaired) electrons. The number of hydrogen-bond donors (Lipinski definition) is 0. The van der Waals surface area contributed by atoms with Gasteiger partial charge in [0.05, 0.1) is 16.9 Å². The Morgan fingerprint density at radius 3 is 2.60 bits per heavy atom. The maximum Gasteiger partial charge on any atom is 0.410 e. The van der Waals surface area contributed by atoms with Gasteiger partial charge in [0.15, 0.2) is 0 Å². The fraction of sp³-hybridized carbons (Fsp3) is 0.519. The Bertz CT molecular complexity index is 1210. The highest BCUT2D eigenvalue weighted by atomic mass is 32.1. The molecule has 0 N–H and O–H groups in total. The molecule has 1 unspecified atom stereocenters. The van der Waals surface area contributed by atoms with Crippen molar-refractivity contribution in [1.82, 2.24) is 19.6 Å². The number of benzene rings is 1. The van der Waals surface area contributed by atoms with Crippen molar-refractivity contribution < 1.29 is 9.53 Å². The number of fused-ring (bicyclic) bond motifs is 1. The van der Waals surface area contributed by atoms with Gasteiger partial charge in [-0.2, -0.15) is 5.10 Å². The van der Waals surface area contributed by atoms with Crippen LogP contribution in [-0.2, 0) is 11.4 Å². The van der Waals surface area contributed by atoms with Crippen molar-refractivity contribution in [1.29, 1.82) is 0 Å². The third-order valence-electron chi connectivity index (χ3n) is 6.27. The van der Waals surface area contributed by atoms with Crippen LogP contribution in [-0.4, -0.2) is 57.0 Å². The Morgan fingerprint density at radius 1 is 1.20 bits per heavy atom. The van der Waals surface area contributed by atoms with E-state index >= 15 is 0 Å². The van der Waals surface area contributed by atoms with E-state index in [4.69, 9.17) is 9.84 Å². The van der Waals surface area contributed by atoms with Crippen molar-refractivity contribution in [3.05, 3.63) is 52.1 Å². The third kappa shape index (κ3) is 6.11. The van der Waals surface area contributed by atoms with Gasteiger partial charge in [0.25, 0.3) is 5.56 Å². The van der Waals surface area contributed by atoms with Gasteiger partial charge in [0, 0.05) is 24.5 Å². The lowest BCUT2D eigenvalue weighted by Crippen LogP contribution is -2.47. The molecule has 0 bridgehead atoms. The molecule has 1 amide bonds. The fourth-order valence-electron chi connectivity index (χ4n) is 4.64. The second kappa shape index (κ2) is 10.5. The van der Waals surface area contributed by atoms with E-state index in [-0.39, 0.29) is 17.7 Å². The summed E-state index contributed by atoms with van der Waals surface area (Å²) in [6, 6.07) is 11.8. The minimum absolute atomic E-state index is 0.0540. The molecule has 3 heterocycles. The quantitative estimate of drug-likeness (QED) is 0.455. The normalized spacial score (nSPS) is 17.1. The molecular weight excluding hydrogens is 460 g/mol. The molecule has 1 saturated heterocycles. The molecule has 0 aliphatic carbocycles. The lowest BCUT2D eigenvalue weighted by atomic mass is 9.97. The predicted molar refractivity (Wildman–Crippen MR) is 142 cm³/mol. The van der Waals surface area contributed by atoms with E-state index in [9.17, 15) is 9.59 Å². The maximum absolute atomic E-state index is 13.3. The highest BCUT2D eigenvalue weighted by molar-refractivity contribution is 7.13. The van der Waals surface area contributed by atoms with Gasteiger partial charge in [-0.15, -0.1) is 11.3 Å². The smallest absolute Gasteiger partial charge is 0.410 e. The predicted octanol–water partition coefficient (Wildman–Crippen LogP) is 5.44. The maximum atomic E-state index is 13.3. The van der Waals surface area contributed by atoms with Gasteiger partial charge in [-0.05, 0) is 77.4 Å². The van der Waals surface area contributed by atoms with Gasteiger partial charge in [-0.3, -0.25) is 9.69 Å². The van der Waals surface area contributed by atoms with Crippen molar-refractivity contribution in [3.8, 4) is 10.6 Å². The van der Waals surface area contributed by atoms with Crippen LogP contribution in [0.4, 0.5) is 4.79 Å². The summed E-state index contributed by atoms with van der Waals surface area (Å²) < 4.78 is 7.25. The van der Waals surface area contributed by atoms with Crippen molar-refractivity contribution in [3.63, 3.8) is 0 Å². The summed E-state index contributed by atoms with van der Waals surface area (Å²) in [4.78, 5) is 31.3. The van der Waals surface area contributed by atoms with E-state index in [2.05, 4.69) is 4.90 Å². The summed E-state index contributed by atoms with van der Waals surface area (Å²) >= 11 is 1.63. The molecule has 1 aromatic carbocycles. The van der Waals surface area contributed by atoms with Crippen LogP contribution in [0.15, 0.2) is 46.6 Å². The van der Waals surface area contributed by atoms with Crippen LogP contribution in [0.2, 0.25) is 0 Å². The van der Waals surface area contributed by atoms with E-state index in [1.54, 1.807) is 16.0 Å². The van der Waals surface area contributed by atoms with E-state index < -0.39 is 5.60 Å². The van der Waals surface area contributed by atoms with E-state index in [1.165, 1.54) is 0 Å². The van der Waals surface area contributed by atoms with Gasteiger partial charge in [0.1, 0.15) is 11.3 Å². The Balaban J connectivity index is 1.53. The fourth-order valence-corrected chi connectivity index (χ4v) is 5.36. The number of rotatable bonds is 6. The summed E-state index contributed by atoms with van der Waals surface area (Å²) in [5, 5.41) is 8.41. The minimum atomic E-state index is -0.522. The SMILES string of the molecule is CC(C)N(CC1CCCN(Cn2nc(-c3cccs3)c3ccccc3c2=O)C1)C(=O)OC(C)(C)C. The van der Waals surface area contributed by atoms with Crippen LogP contribution in [0.1, 0.15) is 47.5 Å². The lowest BCUT2D eigenvalue weighted by molar-refractivity contribution is 0.0108. The summed E-state index contributed by atoms with van der Waals surface area (Å²) in [6.45, 7) is 12.5. The molecule has 188 valence electrons. The van der Waals surface area contributed by atoms with Gasteiger partial charge in [-0.25, -0.2) is 9.48 Å². The molecule has 1 atom stereocenters. The number of carbonyl (C=O) groups is 1. The molecular formula is C27H36N4O3S. The van der Waals surface area contributed by atoms with E-state index in [0.717, 1.165) is 41.9 Å². The largest absolute Gasteiger partial charge is 0.444 e. The molecule has 1 aliphatic heterocycles. The topological polar surface area (TPSA) is 67.7 Å². The van der Waals surface area contributed by atoms with Gasteiger partial charge >= 0.3 is 6.09 Å². The van der Waals surface area contributed by atoms with Crippen LogP contribution in [0.5, 0.6) is 0 Å². The van der Waals surface area contributed by atoms with Crippen molar-refractivity contribution in [2.75, 3.05) is 19.6 Å². The van der Waals surface area contributed by atoms with Crippen LogP contribution in [0.3, 0.4) is 0 Å². The zero-order chi connectivity index (χ0) is 25.2. The monoisotopic (exact) mass is 496 g/mol. The summed E-state index contributed by atoms with van der Waals surface area (Å²) in [5.41, 5.74) is 0.256. The summed E-state index contributed by atoms with van der Waals surface area (Å²) in [5.74, 6) is 0.312. The first kappa shape index (κ1) is 25.4. The average Bonchev–Trinajstić information content (AvgIpc) is 3.33. The number of carbonyl (C=O) groups excluding carboxylic acids is 1. The second-order valence-electron chi connectivity index (χ2n) is 10.6. The second-order valence-corrected chi connectivity index (χ2v) is 11.6. The van der Waals surface area contributed by atoms with Gasteiger partial charge in [0.2, 0.25) is 0 Å². The number of thiophene rings is 1. The van der Waals surface area contributed by atoms with Crippen LogP contribution < -0.4 is 5.56 Å². The molecule has 35 heavy (non-hydrogen) atoms. The number of hydrogen-bond acceptors (Lipinski definition) is 6. The molecule has 0 spiro atoms. The van der Waals surface area contributed by atoms with Crippen molar-refractivity contribution >= 4 is 28.2 Å². The molecule has 1 aliphatic rings. The first-order chi connectivity index (χ1) is 16.6. The zero-order valence-electron chi connectivity index (χ0n) is 21.4. The molecule has 8 heteroatoms. The number of ether oxygens (including phenoxy) is 1. The van der Waals surface area contributed by atoms with E-state index in [0.29, 0.717) is 24.5 Å².